The largest absolute Gasteiger partial charge is 0.343 e. The minimum Gasteiger partial charge on any atom is -0.343 e. The third kappa shape index (κ3) is 6.56. The van der Waals surface area contributed by atoms with Crippen molar-refractivity contribution in [3.8, 4) is 10.4 Å². The van der Waals surface area contributed by atoms with Gasteiger partial charge in [-0.25, -0.2) is 4.79 Å². The van der Waals surface area contributed by atoms with Crippen LogP contribution in [0.3, 0.4) is 0 Å². The summed E-state index contributed by atoms with van der Waals surface area (Å²) in [7, 11) is 0. The molecular formula is C29H41N5O3S. The molecule has 2 fully saturated rings. The molecule has 1 unspecified atom stereocenters. The second-order valence-corrected chi connectivity index (χ2v) is 11.1. The van der Waals surface area contributed by atoms with E-state index in [1.165, 1.54) is 11.3 Å². The van der Waals surface area contributed by atoms with Crippen LogP contribution in [-0.4, -0.2) is 84.4 Å². The Morgan fingerprint density at radius 3 is 2.37 bits per heavy atom. The van der Waals surface area contributed by atoms with Gasteiger partial charge in [-0.1, -0.05) is 30.3 Å². The van der Waals surface area contributed by atoms with Gasteiger partial charge in [0.2, 0.25) is 5.91 Å². The quantitative estimate of drug-likeness (QED) is 0.508. The van der Waals surface area contributed by atoms with Crippen LogP contribution in [0.25, 0.3) is 10.4 Å². The van der Waals surface area contributed by atoms with Crippen LogP contribution in [0.1, 0.15) is 56.8 Å². The summed E-state index contributed by atoms with van der Waals surface area (Å²) in [6.07, 6.45) is 3.80. The number of urea groups is 1. The average Bonchev–Trinajstić information content (AvgIpc) is 3.37. The Morgan fingerprint density at radius 2 is 1.71 bits per heavy atom. The van der Waals surface area contributed by atoms with Crippen LogP contribution in [0.15, 0.2) is 36.4 Å². The van der Waals surface area contributed by atoms with Crippen LogP contribution >= 0.6 is 11.3 Å². The van der Waals surface area contributed by atoms with Gasteiger partial charge in [0.1, 0.15) is 5.00 Å². The highest BCUT2D eigenvalue weighted by Crippen LogP contribution is 2.37. The third-order valence-corrected chi connectivity index (χ3v) is 8.83. The molecule has 0 bridgehead atoms. The highest BCUT2D eigenvalue weighted by atomic mass is 32.1. The van der Waals surface area contributed by atoms with E-state index in [9.17, 15) is 14.4 Å². The first-order valence-corrected chi connectivity index (χ1v) is 14.8. The second-order valence-electron chi connectivity index (χ2n) is 10.1. The van der Waals surface area contributed by atoms with E-state index in [1.807, 2.05) is 67.0 Å². The van der Waals surface area contributed by atoms with E-state index in [1.54, 1.807) is 0 Å². The molecule has 2 aliphatic rings. The predicted octanol–water partition coefficient (Wildman–Crippen LogP) is 4.74. The lowest BCUT2D eigenvalue weighted by molar-refractivity contribution is -0.137. The van der Waals surface area contributed by atoms with Gasteiger partial charge in [0.15, 0.2) is 0 Å². The van der Waals surface area contributed by atoms with Crippen LogP contribution in [0.5, 0.6) is 0 Å². The van der Waals surface area contributed by atoms with Crippen molar-refractivity contribution in [2.24, 2.45) is 5.92 Å². The topological polar surface area (TPSA) is 85.0 Å². The lowest BCUT2D eigenvalue weighted by Crippen LogP contribution is -2.52. The number of rotatable bonds is 8. The molecule has 2 aromatic rings. The Bertz CT molecular complexity index is 1090. The first-order valence-electron chi connectivity index (χ1n) is 14.0. The molecule has 0 spiro atoms. The summed E-state index contributed by atoms with van der Waals surface area (Å²) in [6, 6.07) is 11.9. The number of nitrogens with one attached hydrogen (secondary N) is 2. The molecule has 1 aromatic carbocycles. The van der Waals surface area contributed by atoms with Crippen molar-refractivity contribution in [3.05, 3.63) is 42.0 Å². The lowest BCUT2D eigenvalue weighted by Gasteiger charge is -2.42. The minimum atomic E-state index is -0.305. The monoisotopic (exact) mass is 539 g/mol. The summed E-state index contributed by atoms with van der Waals surface area (Å²) in [6.45, 7) is 11.2. The van der Waals surface area contributed by atoms with Crippen LogP contribution in [0, 0.1) is 5.92 Å². The van der Waals surface area contributed by atoms with Crippen molar-refractivity contribution in [1.29, 1.82) is 0 Å². The molecule has 4 amide bonds. The van der Waals surface area contributed by atoms with Gasteiger partial charge >= 0.3 is 6.03 Å². The van der Waals surface area contributed by atoms with Gasteiger partial charge < -0.3 is 15.1 Å². The average molecular weight is 540 g/mol. The van der Waals surface area contributed by atoms with Gasteiger partial charge in [0.25, 0.3) is 5.91 Å². The van der Waals surface area contributed by atoms with Gasteiger partial charge in [-0.15, -0.1) is 11.3 Å². The minimum absolute atomic E-state index is 0.0399. The van der Waals surface area contributed by atoms with Gasteiger partial charge in [-0.2, -0.15) is 0 Å². The zero-order valence-electron chi connectivity index (χ0n) is 22.9. The molecule has 2 N–H and O–H groups in total. The fourth-order valence-electron chi connectivity index (χ4n) is 5.63. The summed E-state index contributed by atoms with van der Waals surface area (Å²) < 4.78 is 0. The Hall–Kier alpha value is -2.91. The summed E-state index contributed by atoms with van der Waals surface area (Å²) in [5.41, 5.74) is 1.56. The summed E-state index contributed by atoms with van der Waals surface area (Å²) >= 11 is 1.43. The molecule has 38 heavy (non-hydrogen) atoms. The van der Waals surface area contributed by atoms with E-state index in [4.69, 9.17) is 0 Å². The van der Waals surface area contributed by atoms with Crippen molar-refractivity contribution >= 4 is 34.2 Å². The van der Waals surface area contributed by atoms with Gasteiger partial charge in [-0.05, 0) is 64.6 Å². The Kier molecular flexibility index (Phi) is 9.80. The zero-order chi connectivity index (χ0) is 27.1. The van der Waals surface area contributed by atoms with E-state index < -0.39 is 0 Å². The van der Waals surface area contributed by atoms with E-state index >= 15 is 0 Å². The molecule has 0 saturated carbocycles. The smallest absolute Gasteiger partial charge is 0.319 e. The normalized spacial score (nSPS) is 18.7. The highest BCUT2D eigenvalue weighted by molar-refractivity contribution is 7.20. The standard InChI is InChI=1S/C29H41N5O3S/c1-4-30-29(37)31-26-24(19-25(38-26)21-11-8-7-9-12-21)28(36)33-17-14-23(15-18-33)34-16-10-13-22(20-34)27(35)32(5-2)6-3/h7-9,11-12,19,22-23H,4-6,10,13-18,20H2,1-3H3,(H2,30,31,37). The van der Waals surface area contributed by atoms with E-state index in [2.05, 4.69) is 15.5 Å². The molecule has 2 aliphatic heterocycles. The van der Waals surface area contributed by atoms with Crippen LogP contribution in [0.4, 0.5) is 9.80 Å². The van der Waals surface area contributed by atoms with Gasteiger partial charge in [0.05, 0.1) is 11.5 Å². The fraction of sp³-hybridized carbons (Fsp3) is 0.552. The summed E-state index contributed by atoms with van der Waals surface area (Å²) in [5.74, 6) is 0.321. The number of carbonyl (C=O) groups is 3. The summed E-state index contributed by atoms with van der Waals surface area (Å²) in [5, 5.41) is 6.23. The van der Waals surface area contributed by atoms with E-state index in [0.717, 1.165) is 62.3 Å². The second kappa shape index (κ2) is 13.2. The van der Waals surface area contributed by atoms with Crippen molar-refractivity contribution in [2.75, 3.05) is 51.1 Å². The molecule has 206 valence electrons. The number of hydrogen-bond acceptors (Lipinski definition) is 5. The first-order chi connectivity index (χ1) is 18.4. The number of nitrogens with zero attached hydrogens (tertiary/aromatic N) is 3. The zero-order valence-corrected chi connectivity index (χ0v) is 23.7. The van der Waals surface area contributed by atoms with Crippen molar-refractivity contribution in [3.63, 3.8) is 0 Å². The van der Waals surface area contributed by atoms with Crippen molar-refractivity contribution in [2.45, 2.75) is 52.5 Å². The highest BCUT2D eigenvalue weighted by Gasteiger charge is 2.34. The number of piperidine rings is 2. The molecule has 9 heteroatoms. The van der Waals surface area contributed by atoms with Crippen LogP contribution < -0.4 is 10.6 Å². The first kappa shape index (κ1) is 28.1. The lowest BCUT2D eigenvalue weighted by atomic mass is 9.92. The molecule has 2 saturated heterocycles. The SMILES string of the molecule is CCNC(=O)Nc1sc(-c2ccccc2)cc1C(=O)N1CCC(N2CCCC(C(=O)N(CC)CC)C2)CC1. The number of carbonyl (C=O) groups excluding carboxylic acids is 3. The van der Waals surface area contributed by atoms with Gasteiger partial charge in [-0.3, -0.25) is 19.8 Å². The summed E-state index contributed by atoms with van der Waals surface area (Å²) in [4.78, 5) is 46.2. The number of likely N-dealkylation sites (tertiary alicyclic amines) is 2. The molecule has 1 atom stereocenters. The molecule has 0 aliphatic carbocycles. The number of anilines is 1. The molecule has 4 rings (SSSR count). The Morgan fingerprint density at radius 1 is 1.00 bits per heavy atom. The maximum atomic E-state index is 13.7. The van der Waals surface area contributed by atoms with E-state index in [0.29, 0.717) is 36.2 Å². The molecular weight excluding hydrogens is 498 g/mol. The Balaban J connectivity index is 1.42. The Labute approximate surface area is 230 Å². The third-order valence-electron chi connectivity index (χ3n) is 7.73. The number of hydrogen-bond donors (Lipinski definition) is 2. The number of amides is 4. The fourth-order valence-corrected chi connectivity index (χ4v) is 6.68. The molecule has 0 radical (unpaired) electrons. The van der Waals surface area contributed by atoms with E-state index in [-0.39, 0.29) is 23.8 Å². The number of benzene rings is 1. The van der Waals surface area contributed by atoms with Crippen LogP contribution in [0.2, 0.25) is 0 Å². The maximum absolute atomic E-state index is 13.7. The maximum Gasteiger partial charge on any atom is 0.319 e. The molecule has 1 aromatic heterocycles. The molecule has 3 heterocycles. The van der Waals surface area contributed by atoms with Crippen LogP contribution in [-0.2, 0) is 4.79 Å². The van der Waals surface area contributed by atoms with Gasteiger partial charge in [0, 0.05) is 50.2 Å². The molecule has 8 nitrogen and oxygen atoms in total. The van der Waals surface area contributed by atoms with Crippen molar-refractivity contribution in [1.82, 2.24) is 20.0 Å². The van der Waals surface area contributed by atoms with Crippen molar-refractivity contribution < 1.29 is 14.4 Å². The number of thiophene rings is 1. The predicted molar refractivity (Wildman–Crippen MR) is 154 cm³/mol.